The van der Waals surface area contributed by atoms with Crippen molar-refractivity contribution in [2.45, 2.75) is 19.9 Å². The second kappa shape index (κ2) is 6.62. The first-order valence-electron chi connectivity index (χ1n) is 7.54. The van der Waals surface area contributed by atoms with Crippen LogP contribution in [0.2, 0.25) is 0 Å². The molecule has 7 nitrogen and oxygen atoms in total. The number of rotatable bonds is 4. The molecule has 0 bridgehead atoms. The quantitative estimate of drug-likeness (QED) is 0.743. The second-order valence-corrected chi connectivity index (χ2v) is 5.21. The first-order chi connectivity index (χ1) is 11.2. The summed E-state index contributed by atoms with van der Waals surface area (Å²) in [6, 6.07) is 6.66. The van der Waals surface area contributed by atoms with Crippen molar-refractivity contribution in [1.29, 1.82) is 0 Å². The largest absolute Gasteiger partial charge is 0.462 e. The van der Waals surface area contributed by atoms with Gasteiger partial charge in [-0.3, -0.25) is 9.89 Å². The van der Waals surface area contributed by atoms with Gasteiger partial charge in [0.15, 0.2) is 5.69 Å². The van der Waals surface area contributed by atoms with Crippen LogP contribution in [-0.4, -0.2) is 35.2 Å². The van der Waals surface area contributed by atoms with E-state index in [1.807, 2.05) is 0 Å². The number of fused-ring (bicyclic) bond motifs is 1. The van der Waals surface area contributed by atoms with Crippen LogP contribution >= 0.6 is 0 Å². The lowest BCUT2D eigenvalue weighted by Crippen LogP contribution is -2.25. The van der Waals surface area contributed by atoms with Crippen molar-refractivity contribution in [2.75, 3.05) is 18.5 Å². The summed E-state index contributed by atoms with van der Waals surface area (Å²) >= 11 is 0. The molecule has 23 heavy (non-hydrogen) atoms. The van der Waals surface area contributed by atoms with E-state index in [2.05, 4.69) is 20.8 Å². The third-order valence-electron chi connectivity index (χ3n) is 3.65. The summed E-state index contributed by atoms with van der Waals surface area (Å²) in [4.78, 5) is 24.2. The molecule has 1 aromatic heterocycles. The number of nitrogens with zero attached hydrogens (tertiary/aromatic N) is 1. The fourth-order valence-corrected chi connectivity index (χ4v) is 2.54. The number of benzene rings is 1. The van der Waals surface area contributed by atoms with Crippen LogP contribution in [-0.2, 0) is 17.7 Å². The number of aromatic amines is 1. The molecule has 0 spiro atoms. The van der Waals surface area contributed by atoms with E-state index in [4.69, 9.17) is 4.74 Å². The van der Waals surface area contributed by atoms with Gasteiger partial charge in [0, 0.05) is 36.5 Å². The normalized spacial score (nSPS) is 13.3. The van der Waals surface area contributed by atoms with Gasteiger partial charge in [-0.2, -0.15) is 5.10 Å². The Balaban J connectivity index is 1.77. The van der Waals surface area contributed by atoms with Gasteiger partial charge in [-0.25, -0.2) is 4.79 Å². The first-order valence-corrected chi connectivity index (χ1v) is 7.54. The molecular weight excluding hydrogens is 296 g/mol. The lowest BCUT2D eigenvalue weighted by Gasteiger charge is -2.13. The summed E-state index contributed by atoms with van der Waals surface area (Å²) in [6.07, 6.45) is 0.827. The number of ether oxygens (including phenoxy) is 1. The lowest BCUT2D eigenvalue weighted by atomic mass is 10.1. The van der Waals surface area contributed by atoms with Gasteiger partial charge in [-0.1, -0.05) is 6.07 Å². The standard InChI is InChI=1S/C16H18N4O3/c1-2-23-16(22)10-4-3-5-11(8-10)18-15(21)14-12-9-17-7-6-13(12)19-20-14/h3-5,8,17H,2,6-7,9H2,1H3,(H,18,21)(H,19,20). The average molecular weight is 314 g/mol. The Morgan fingerprint density at radius 3 is 3.09 bits per heavy atom. The van der Waals surface area contributed by atoms with Crippen molar-refractivity contribution >= 4 is 17.6 Å². The summed E-state index contributed by atoms with van der Waals surface area (Å²) < 4.78 is 4.96. The van der Waals surface area contributed by atoms with Crippen LogP contribution in [0.25, 0.3) is 0 Å². The minimum atomic E-state index is -0.412. The van der Waals surface area contributed by atoms with Gasteiger partial charge in [0.05, 0.1) is 12.2 Å². The van der Waals surface area contributed by atoms with E-state index in [0.29, 0.717) is 30.1 Å². The molecule has 1 aromatic carbocycles. The van der Waals surface area contributed by atoms with Crippen LogP contribution in [0.1, 0.15) is 39.0 Å². The van der Waals surface area contributed by atoms with Crippen LogP contribution in [0.4, 0.5) is 5.69 Å². The first kappa shape index (κ1) is 15.2. The van der Waals surface area contributed by atoms with E-state index in [1.54, 1.807) is 31.2 Å². The van der Waals surface area contributed by atoms with Crippen molar-refractivity contribution in [3.8, 4) is 0 Å². The molecule has 0 unspecified atom stereocenters. The number of carbonyl (C=O) groups is 2. The zero-order valence-electron chi connectivity index (χ0n) is 12.8. The highest BCUT2D eigenvalue weighted by molar-refractivity contribution is 6.04. The number of hydrogen-bond donors (Lipinski definition) is 3. The number of anilines is 1. The predicted octanol–water partition coefficient (Wildman–Crippen LogP) is 1.48. The van der Waals surface area contributed by atoms with Gasteiger partial charge in [0.1, 0.15) is 0 Å². The molecule has 3 N–H and O–H groups in total. The van der Waals surface area contributed by atoms with Gasteiger partial charge < -0.3 is 15.4 Å². The number of aromatic nitrogens is 2. The van der Waals surface area contributed by atoms with E-state index >= 15 is 0 Å². The molecule has 0 radical (unpaired) electrons. The molecule has 0 atom stereocenters. The number of carbonyl (C=O) groups excluding carboxylic acids is 2. The summed E-state index contributed by atoms with van der Waals surface area (Å²) in [7, 11) is 0. The van der Waals surface area contributed by atoms with E-state index < -0.39 is 5.97 Å². The van der Waals surface area contributed by atoms with Gasteiger partial charge >= 0.3 is 5.97 Å². The molecule has 7 heteroatoms. The molecule has 0 saturated heterocycles. The third-order valence-corrected chi connectivity index (χ3v) is 3.65. The van der Waals surface area contributed by atoms with Crippen molar-refractivity contribution in [2.24, 2.45) is 0 Å². The number of esters is 1. The van der Waals surface area contributed by atoms with Crippen LogP contribution in [0, 0.1) is 0 Å². The number of H-pyrrole nitrogens is 1. The van der Waals surface area contributed by atoms with Crippen molar-refractivity contribution in [3.63, 3.8) is 0 Å². The number of hydrogen-bond acceptors (Lipinski definition) is 5. The molecule has 0 aliphatic carbocycles. The van der Waals surface area contributed by atoms with E-state index in [-0.39, 0.29) is 5.91 Å². The lowest BCUT2D eigenvalue weighted by molar-refractivity contribution is 0.0526. The number of nitrogens with one attached hydrogen (secondary N) is 3. The van der Waals surface area contributed by atoms with Crippen molar-refractivity contribution < 1.29 is 14.3 Å². The third kappa shape index (κ3) is 3.24. The summed E-state index contributed by atoms with van der Waals surface area (Å²) in [6.45, 7) is 3.55. The minimum Gasteiger partial charge on any atom is -0.462 e. The molecule has 1 aliphatic rings. The van der Waals surface area contributed by atoms with Crippen LogP contribution in [0.5, 0.6) is 0 Å². The fourth-order valence-electron chi connectivity index (χ4n) is 2.54. The van der Waals surface area contributed by atoms with Crippen molar-refractivity contribution in [3.05, 3.63) is 46.8 Å². The Kier molecular flexibility index (Phi) is 4.38. The van der Waals surface area contributed by atoms with Crippen LogP contribution in [0.3, 0.4) is 0 Å². The topological polar surface area (TPSA) is 96.1 Å². The minimum absolute atomic E-state index is 0.299. The maximum absolute atomic E-state index is 12.4. The molecular formula is C16H18N4O3. The Labute approximate surface area is 133 Å². The maximum Gasteiger partial charge on any atom is 0.338 e. The van der Waals surface area contributed by atoms with Gasteiger partial charge in [0.25, 0.3) is 5.91 Å². The van der Waals surface area contributed by atoms with E-state index in [0.717, 1.165) is 24.2 Å². The summed E-state index contributed by atoms with van der Waals surface area (Å²) in [5.41, 5.74) is 3.20. The van der Waals surface area contributed by atoms with Gasteiger partial charge in [0.2, 0.25) is 0 Å². The zero-order valence-corrected chi connectivity index (χ0v) is 12.8. The molecule has 0 fully saturated rings. The smallest absolute Gasteiger partial charge is 0.338 e. The van der Waals surface area contributed by atoms with Gasteiger partial charge in [-0.15, -0.1) is 0 Å². The maximum atomic E-state index is 12.4. The fraction of sp³-hybridized carbons (Fsp3) is 0.312. The van der Waals surface area contributed by atoms with Crippen LogP contribution in [0.15, 0.2) is 24.3 Å². The summed E-state index contributed by atoms with van der Waals surface area (Å²) in [5, 5.41) is 13.0. The Morgan fingerprint density at radius 2 is 2.26 bits per heavy atom. The van der Waals surface area contributed by atoms with Crippen LogP contribution < -0.4 is 10.6 Å². The average Bonchev–Trinajstić information content (AvgIpc) is 2.99. The molecule has 3 rings (SSSR count). The second-order valence-electron chi connectivity index (χ2n) is 5.21. The Bertz CT molecular complexity index is 739. The van der Waals surface area contributed by atoms with Crippen molar-refractivity contribution in [1.82, 2.24) is 15.5 Å². The summed E-state index contributed by atoms with van der Waals surface area (Å²) in [5.74, 6) is -0.711. The molecule has 1 amide bonds. The Hall–Kier alpha value is -2.67. The number of amides is 1. The molecule has 2 heterocycles. The SMILES string of the molecule is CCOC(=O)c1cccc(NC(=O)c2n[nH]c3c2CNCC3)c1. The zero-order chi connectivity index (χ0) is 16.2. The highest BCUT2D eigenvalue weighted by atomic mass is 16.5. The highest BCUT2D eigenvalue weighted by Gasteiger charge is 2.21. The molecule has 1 aliphatic heterocycles. The van der Waals surface area contributed by atoms with E-state index in [9.17, 15) is 9.59 Å². The molecule has 2 aromatic rings. The predicted molar refractivity (Wildman–Crippen MR) is 84.4 cm³/mol. The monoisotopic (exact) mass is 314 g/mol. The molecule has 120 valence electrons. The Morgan fingerprint density at radius 1 is 1.39 bits per heavy atom. The molecule has 0 saturated carbocycles. The highest BCUT2D eigenvalue weighted by Crippen LogP contribution is 2.18. The van der Waals surface area contributed by atoms with E-state index in [1.165, 1.54) is 0 Å². The van der Waals surface area contributed by atoms with Gasteiger partial charge in [-0.05, 0) is 25.1 Å².